The normalized spacial score (nSPS) is 21.4. The van der Waals surface area contributed by atoms with E-state index in [-0.39, 0.29) is 33.9 Å². The summed E-state index contributed by atoms with van der Waals surface area (Å²) in [6.45, 7) is 3.37. The lowest BCUT2D eigenvalue weighted by Crippen LogP contribution is -2.71. The van der Waals surface area contributed by atoms with Crippen molar-refractivity contribution in [2.24, 2.45) is 5.16 Å². The molecule has 4 aliphatic rings. The number of β-lactam (4-membered cyclic amide) rings is 1. The Kier molecular flexibility index (Phi) is 10.5. The monoisotopic (exact) mass is 775 g/mol. The minimum absolute atomic E-state index is 0.0302. The highest BCUT2D eigenvalue weighted by Gasteiger charge is 2.55. The number of aromatic hydroxyl groups is 1. The van der Waals surface area contributed by atoms with Gasteiger partial charge in [-0.3, -0.25) is 28.9 Å². The van der Waals surface area contributed by atoms with Crippen molar-refractivity contribution in [3.05, 3.63) is 50.5 Å². The zero-order valence-electron chi connectivity index (χ0n) is 27.9. The van der Waals surface area contributed by atoms with Gasteiger partial charge >= 0.3 is 17.9 Å². The first-order valence-electron chi connectivity index (χ1n) is 16.4. The largest absolute Gasteiger partial charge is 0.503 e. The molecule has 0 aliphatic carbocycles. The number of rotatable bonds is 14. The fourth-order valence-electron chi connectivity index (χ4n) is 6.90. The van der Waals surface area contributed by atoms with Crippen LogP contribution >= 0.6 is 23.1 Å². The molecule has 4 aliphatic heterocycles. The number of thiazole rings is 1. The van der Waals surface area contributed by atoms with E-state index in [1.807, 2.05) is 0 Å². The SMILES string of the molecule is Nc1nc(C(=NOC(CC(=O)O)C(=O)O)C(=O)N[C@@H]2C(=O)N3C(C(=O)O)=C(C[N+]4(CCN5CCn6cc(O)c(=O)cc6C5=O)CCCC4)CS[C@H]23)cs1. The lowest BCUT2D eigenvalue weighted by molar-refractivity contribution is -0.911. The number of oxime groups is 1. The van der Waals surface area contributed by atoms with Crippen molar-refractivity contribution in [1.82, 2.24) is 24.7 Å². The lowest BCUT2D eigenvalue weighted by Gasteiger charge is -2.50. The highest BCUT2D eigenvalue weighted by Crippen LogP contribution is 2.41. The average molecular weight is 776 g/mol. The van der Waals surface area contributed by atoms with Crippen molar-refractivity contribution in [2.45, 2.75) is 43.3 Å². The van der Waals surface area contributed by atoms with Crippen LogP contribution in [0.3, 0.4) is 0 Å². The fourth-order valence-corrected chi connectivity index (χ4v) is 8.78. The minimum Gasteiger partial charge on any atom is -0.503 e. The molecule has 0 saturated carbocycles. The highest BCUT2D eigenvalue weighted by atomic mass is 32.2. The summed E-state index contributed by atoms with van der Waals surface area (Å²) in [5, 5.41) is 45.1. The molecule has 0 radical (unpaired) electrons. The molecule has 6 rings (SSSR count). The number of amides is 3. The Morgan fingerprint density at radius 3 is 2.51 bits per heavy atom. The summed E-state index contributed by atoms with van der Waals surface area (Å²) in [6.07, 6.45) is 0.114. The maximum Gasteiger partial charge on any atom is 0.352 e. The summed E-state index contributed by atoms with van der Waals surface area (Å²) >= 11 is 2.19. The molecule has 1 unspecified atom stereocenters. The van der Waals surface area contributed by atoms with Gasteiger partial charge in [0.25, 0.3) is 17.7 Å². The number of nitrogens with two attached hydrogens (primary N) is 1. The second kappa shape index (κ2) is 14.9. The number of hydrogen-bond acceptors (Lipinski definition) is 14. The molecule has 2 saturated heterocycles. The Hall–Kier alpha value is -5.48. The first kappa shape index (κ1) is 37.3. The van der Waals surface area contributed by atoms with Crippen molar-refractivity contribution in [3.8, 4) is 5.75 Å². The molecule has 2 aromatic heterocycles. The van der Waals surface area contributed by atoms with Crippen LogP contribution in [0.25, 0.3) is 0 Å². The van der Waals surface area contributed by atoms with Crippen molar-refractivity contribution in [1.29, 1.82) is 0 Å². The summed E-state index contributed by atoms with van der Waals surface area (Å²) < 4.78 is 2.03. The van der Waals surface area contributed by atoms with Crippen LogP contribution in [0.4, 0.5) is 5.13 Å². The number of carboxylic acids is 3. The van der Waals surface area contributed by atoms with E-state index in [0.717, 1.165) is 48.2 Å². The molecule has 22 heteroatoms. The number of nitrogen functional groups attached to an aromatic ring is 1. The number of anilines is 1. The van der Waals surface area contributed by atoms with Crippen molar-refractivity contribution in [2.75, 3.05) is 50.8 Å². The zero-order chi connectivity index (χ0) is 38.2. The topological polar surface area (TPSA) is 284 Å². The van der Waals surface area contributed by atoms with Gasteiger partial charge in [-0.15, -0.1) is 23.1 Å². The maximum atomic E-state index is 13.5. The van der Waals surface area contributed by atoms with Crippen LogP contribution in [-0.4, -0.2) is 148 Å². The number of thioether (sulfide) groups is 1. The number of aliphatic carboxylic acids is 3. The number of quaternary nitrogens is 1. The van der Waals surface area contributed by atoms with E-state index < -0.39 is 70.6 Å². The van der Waals surface area contributed by atoms with Gasteiger partial charge in [-0.25, -0.2) is 14.6 Å². The van der Waals surface area contributed by atoms with Crippen molar-refractivity contribution >= 4 is 69.6 Å². The van der Waals surface area contributed by atoms with Gasteiger partial charge in [-0.1, -0.05) is 5.16 Å². The summed E-state index contributed by atoms with van der Waals surface area (Å²) in [4.78, 5) is 99.1. The first-order valence-corrected chi connectivity index (χ1v) is 18.3. The second-order valence-electron chi connectivity index (χ2n) is 12.9. The number of hydrogen-bond donors (Lipinski definition) is 6. The van der Waals surface area contributed by atoms with E-state index in [1.54, 1.807) is 9.47 Å². The van der Waals surface area contributed by atoms with Gasteiger partial charge in [0.15, 0.2) is 16.6 Å². The highest BCUT2D eigenvalue weighted by molar-refractivity contribution is 8.00. The Labute approximate surface area is 307 Å². The van der Waals surface area contributed by atoms with Crippen LogP contribution in [0, 0.1) is 0 Å². The summed E-state index contributed by atoms with van der Waals surface area (Å²) in [5.41, 5.74) is 4.88. The molecular weight excluding hydrogens is 741 g/mol. The summed E-state index contributed by atoms with van der Waals surface area (Å²) in [5.74, 6) is -6.72. The van der Waals surface area contributed by atoms with Gasteiger partial charge in [-0.2, -0.15) is 0 Å². The number of fused-ring (bicyclic) bond motifs is 2. The average Bonchev–Trinajstić information content (AvgIpc) is 3.75. The van der Waals surface area contributed by atoms with Crippen molar-refractivity contribution < 1.29 is 58.5 Å². The van der Waals surface area contributed by atoms with Gasteiger partial charge in [0.1, 0.15) is 35.0 Å². The number of carboxylic acid groups (broad SMARTS) is 3. The molecule has 2 aromatic rings. The molecule has 3 amide bonds. The fraction of sp³-hybridized carbons (Fsp3) is 0.452. The molecule has 2 fully saturated rings. The minimum atomic E-state index is -1.94. The number of aromatic nitrogens is 2. The predicted molar refractivity (Wildman–Crippen MR) is 185 cm³/mol. The first-order chi connectivity index (χ1) is 25.2. The standard InChI is InChI=1S/C31H34N8O12S2/c32-31-33-16(14-53-31)22(35-51-20(29(47)48)10-21(42)43)25(44)34-23-27(46)38-24(30(49)50)15(13-52-28(23)38)12-39(6-1-2-7-39)8-5-36-3-4-37-11-19(41)18(40)9-17(37)26(36)45/h9,11,14,20,23,28H,1-8,10,12-13H2,(H6-,32,33,34,41,42,43,44,47,48,49,50)/p+1/t20?,23-,28-/m1/s1. The Balaban J connectivity index is 1.17. The Morgan fingerprint density at radius 2 is 1.87 bits per heavy atom. The number of carbonyl (C=O) groups excluding carboxylic acids is 3. The Morgan fingerprint density at radius 1 is 1.13 bits per heavy atom. The molecule has 282 valence electrons. The molecule has 53 heavy (non-hydrogen) atoms. The molecule has 6 heterocycles. The van der Waals surface area contributed by atoms with E-state index in [0.29, 0.717) is 42.8 Å². The molecule has 0 spiro atoms. The predicted octanol–water partition coefficient (Wildman–Crippen LogP) is -1.25. The van der Waals surface area contributed by atoms with Crippen molar-refractivity contribution in [3.63, 3.8) is 0 Å². The van der Waals surface area contributed by atoms with Crippen LogP contribution in [0.2, 0.25) is 0 Å². The van der Waals surface area contributed by atoms with E-state index in [2.05, 4.69) is 15.5 Å². The molecule has 0 bridgehead atoms. The van der Waals surface area contributed by atoms with E-state index in [1.165, 1.54) is 23.3 Å². The molecule has 20 nitrogen and oxygen atoms in total. The third-order valence-electron chi connectivity index (χ3n) is 9.53. The maximum absolute atomic E-state index is 13.5. The van der Waals surface area contributed by atoms with E-state index >= 15 is 0 Å². The van der Waals surface area contributed by atoms with Crippen LogP contribution in [0.15, 0.2) is 38.9 Å². The number of nitrogens with one attached hydrogen (secondary N) is 1. The quantitative estimate of drug-likeness (QED) is 0.0566. The van der Waals surface area contributed by atoms with Gasteiger partial charge in [-0.05, 0) is 0 Å². The number of likely N-dealkylation sites (tertiary alicyclic amines) is 1. The van der Waals surface area contributed by atoms with Crippen LogP contribution in [0.5, 0.6) is 5.75 Å². The second-order valence-corrected chi connectivity index (χ2v) is 14.9. The third kappa shape index (κ3) is 7.55. The molecular formula is C31H35N8O12S2+. The van der Waals surface area contributed by atoms with Gasteiger partial charge < -0.3 is 50.3 Å². The van der Waals surface area contributed by atoms with Gasteiger partial charge in [0.2, 0.25) is 11.5 Å². The van der Waals surface area contributed by atoms with Gasteiger partial charge in [0, 0.05) is 48.7 Å². The Bertz CT molecular complexity index is 2000. The smallest absolute Gasteiger partial charge is 0.352 e. The molecule has 3 atom stereocenters. The zero-order valence-corrected chi connectivity index (χ0v) is 29.5. The molecule has 7 N–H and O–H groups in total. The van der Waals surface area contributed by atoms with Crippen LogP contribution < -0.4 is 16.5 Å². The van der Waals surface area contributed by atoms with Crippen LogP contribution in [0.1, 0.15) is 35.4 Å². The number of nitrogens with zero attached hydrogens (tertiary/aromatic N) is 6. The molecule has 0 aromatic carbocycles. The lowest BCUT2D eigenvalue weighted by atomic mass is 10.0. The number of pyridine rings is 1. The summed E-state index contributed by atoms with van der Waals surface area (Å²) in [7, 11) is 0. The van der Waals surface area contributed by atoms with Gasteiger partial charge in [0.05, 0.1) is 38.8 Å². The van der Waals surface area contributed by atoms with E-state index in [9.17, 15) is 48.9 Å². The number of carbonyl (C=O) groups is 6. The third-order valence-corrected chi connectivity index (χ3v) is 11.5. The summed E-state index contributed by atoms with van der Waals surface area (Å²) in [6, 6.07) is -0.0760. The van der Waals surface area contributed by atoms with Crippen LogP contribution in [-0.2, 0) is 35.4 Å². The van der Waals surface area contributed by atoms with E-state index in [4.69, 9.17) is 15.7 Å².